The molecule has 0 bridgehead atoms. The number of nitrogens with two attached hydrogens (primary N) is 1. The number of nitrogens with zero attached hydrogens (tertiary/aromatic N) is 4. The summed E-state index contributed by atoms with van der Waals surface area (Å²) in [6.07, 6.45) is -5.07. The topological polar surface area (TPSA) is 218 Å². The number of carbonyl (C=O) groups is 2. The zero-order valence-corrected chi connectivity index (χ0v) is 25.6. The van der Waals surface area contributed by atoms with Crippen LogP contribution in [-0.2, 0) is 37.4 Å². The third-order valence-electron chi connectivity index (χ3n) is 6.30. The lowest BCUT2D eigenvalue weighted by Crippen LogP contribution is -2.42. The number of aromatic nitrogens is 4. The van der Waals surface area contributed by atoms with E-state index < -0.39 is 75.8 Å². The van der Waals surface area contributed by atoms with Crippen molar-refractivity contribution in [2.75, 3.05) is 39.3 Å². The number of anilines is 1. The number of rotatable bonds is 15. The van der Waals surface area contributed by atoms with Crippen LogP contribution >= 0.6 is 7.75 Å². The molecular weight excluding hydrogens is 598 g/mol. The van der Waals surface area contributed by atoms with Gasteiger partial charge in [-0.3, -0.25) is 22.8 Å². The van der Waals surface area contributed by atoms with Crippen molar-refractivity contribution < 1.29 is 56.4 Å². The molecule has 2 unspecified atom stereocenters. The quantitative estimate of drug-likeness (QED) is 0.145. The van der Waals surface area contributed by atoms with Crippen LogP contribution < -0.4 is 15.6 Å². The fourth-order valence-corrected chi connectivity index (χ4v) is 5.97. The van der Waals surface area contributed by atoms with E-state index in [-0.39, 0.29) is 36.2 Å². The maximum absolute atomic E-state index is 14.2. The van der Waals surface area contributed by atoms with Crippen molar-refractivity contribution in [3.63, 3.8) is 0 Å². The first-order chi connectivity index (χ1) is 20.4. The van der Waals surface area contributed by atoms with Gasteiger partial charge in [0.15, 0.2) is 17.4 Å². The number of imidazole rings is 1. The van der Waals surface area contributed by atoms with Gasteiger partial charge in [0, 0.05) is 5.92 Å². The molecule has 4 N–H and O–H groups in total. The minimum absolute atomic E-state index is 0.0145. The molecule has 0 saturated carbocycles. The van der Waals surface area contributed by atoms with Gasteiger partial charge in [-0.05, 0) is 26.7 Å². The Bertz CT molecular complexity index is 1300. The molecule has 7 atom stereocenters. The normalized spacial score (nSPS) is 23.1. The van der Waals surface area contributed by atoms with Crippen LogP contribution in [0.5, 0.6) is 5.88 Å². The van der Waals surface area contributed by atoms with Gasteiger partial charge in [0.05, 0.1) is 46.0 Å². The van der Waals surface area contributed by atoms with E-state index in [0.29, 0.717) is 0 Å². The van der Waals surface area contributed by atoms with Crippen molar-refractivity contribution in [1.29, 1.82) is 0 Å². The molecule has 0 aromatic carbocycles. The van der Waals surface area contributed by atoms with Gasteiger partial charge in [-0.15, -0.1) is 0 Å². The van der Waals surface area contributed by atoms with Gasteiger partial charge in [0.2, 0.25) is 18.1 Å². The van der Waals surface area contributed by atoms with E-state index in [2.05, 4.69) is 20.0 Å². The SMILES string of the molecule is CCOC(=O)OC(C)OP(=O)(N[C@H](C(=O)OC)C(C)C)OC[C@H]1O[C@@H](n2cnc3c(OCC)nc(N)nc32)[C@H](O)[C@@H]1CF. The fourth-order valence-electron chi connectivity index (χ4n) is 4.25. The highest BCUT2D eigenvalue weighted by Gasteiger charge is 2.47. The van der Waals surface area contributed by atoms with Crippen molar-refractivity contribution in [2.24, 2.45) is 11.8 Å². The second-order valence-corrected chi connectivity index (χ2v) is 11.4. The number of aliphatic hydroxyl groups excluding tert-OH is 1. The molecule has 0 amide bonds. The molecule has 3 rings (SSSR count). The van der Waals surface area contributed by atoms with Crippen molar-refractivity contribution in [2.45, 2.75) is 65.4 Å². The number of esters is 1. The predicted molar refractivity (Wildman–Crippen MR) is 146 cm³/mol. The Labute approximate surface area is 247 Å². The Morgan fingerprint density at radius 3 is 2.58 bits per heavy atom. The van der Waals surface area contributed by atoms with Crippen molar-refractivity contribution in [1.82, 2.24) is 24.6 Å². The first-order valence-corrected chi connectivity index (χ1v) is 15.1. The summed E-state index contributed by atoms with van der Waals surface area (Å²) in [5.41, 5.74) is 6.22. The third kappa shape index (κ3) is 8.27. The van der Waals surface area contributed by atoms with E-state index >= 15 is 0 Å². The molecule has 242 valence electrons. The highest BCUT2D eigenvalue weighted by atomic mass is 31.2. The van der Waals surface area contributed by atoms with E-state index in [1.807, 2.05) is 0 Å². The Morgan fingerprint density at radius 2 is 1.98 bits per heavy atom. The number of nitrogen functional groups attached to an aromatic ring is 1. The van der Waals surface area contributed by atoms with Gasteiger partial charge in [-0.1, -0.05) is 13.8 Å². The van der Waals surface area contributed by atoms with Crippen LogP contribution in [0.1, 0.15) is 40.8 Å². The monoisotopic (exact) mass is 636 g/mol. The second kappa shape index (κ2) is 15.0. The first-order valence-electron chi connectivity index (χ1n) is 13.5. The maximum Gasteiger partial charge on any atom is 0.510 e. The average molecular weight is 637 g/mol. The van der Waals surface area contributed by atoms with E-state index in [1.165, 1.54) is 17.8 Å². The van der Waals surface area contributed by atoms with E-state index in [9.17, 15) is 23.7 Å². The van der Waals surface area contributed by atoms with E-state index in [4.69, 9.17) is 38.5 Å². The Kier molecular flexibility index (Phi) is 12.0. The van der Waals surface area contributed by atoms with Crippen LogP contribution in [-0.4, -0.2) is 94.9 Å². The first kappa shape index (κ1) is 34.3. The number of hydrogen-bond acceptors (Lipinski definition) is 15. The zero-order valence-electron chi connectivity index (χ0n) is 24.7. The number of halogens is 1. The lowest BCUT2D eigenvalue weighted by Gasteiger charge is -2.28. The summed E-state index contributed by atoms with van der Waals surface area (Å²) in [6.45, 7) is 6.52. The fraction of sp³-hybridized carbons (Fsp3) is 0.708. The third-order valence-corrected chi connectivity index (χ3v) is 7.96. The van der Waals surface area contributed by atoms with Crippen LogP contribution in [0.3, 0.4) is 0 Å². The smallest absolute Gasteiger partial charge is 0.476 e. The number of alkyl halides is 1. The van der Waals surface area contributed by atoms with Gasteiger partial charge in [0.1, 0.15) is 12.1 Å². The molecular formula is C24H38FN6O11P. The molecule has 1 aliphatic rings. The Morgan fingerprint density at radius 1 is 1.26 bits per heavy atom. The highest BCUT2D eigenvalue weighted by molar-refractivity contribution is 7.51. The van der Waals surface area contributed by atoms with Gasteiger partial charge in [-0.25, -0.2) is 19.4 Å². The number of carbonyl (C=O) groups excluding carboxylic acids is 2. The van der Waals surface area contributed by atoms with E-state index in [0.717, 1.165) is 7.11 Å². The summed E-state index contributed by atoms with van der Waals surface area (Å²) in [4.78, 5) is 36.6. The van der Waals surface area contributed by atoms with Gasteiger partial charge < -0.3 is 34.5 Å². The van der Waals surface area contributed by atoms with Crippen molar-refractivity contribution in [3.8, 4) is 5.88 Å². The van der Waals surface area contributed by atoms with Crippen LogP contribution in [0, 0.1) is 11.8 Å². The van der Waals surface area contributed by atoms with Gasteiger partial charge in [0.25, 0.3) is 0 Å². The number of fused-ring (bicyclic) bond motifs is 1. The summed E-state index contributed by atoms with van der Waals surface area (Å²) in [7, 11) is -3.37. The molecule has 19 heteroatoms. The average Bonchev–Trinajstić information content (AvgIpc) is 3.50. The summed E-state index contributed by atoms with van der Waals surface area (Å²) in [6, 6.07) is -1.17. The van der Waals surface area contributed by atoms with Crippen LogP contribution in [0.15, 0.2) is 6.33 Å². The minimum atomic E-state index is -4.52. The molecule has 3 heterocycles. The molecule has 1 aliphatic heterocycles. The molecule has 0 radical (unpaired) electrons. The van der Waals surface area contributed by atoms with Crippen LogP contribution in [0.4, 0.5) is 15.1 Å². The standard InChI is InChI=1S/C24H38FN6O11P/c1-7-37-20-17-19(28-23(26)29-20)31(11-27-17)21-18(32)14(9-25)15(41-21)10-39-43(35,30-16(12(3)4)22(33)36-6)42-13(5)40-24(34)38-8-2/h11-16,18,21,32H,7-10H2,1-6H3,(H,30,35)(H2,26,28,29)/t13?,14-,15-,16+,18-,21-,43?/m1/s1. The molecule has 1 fully saturated rings. The molecule has 2 aromatic heterocycles. The molecule has 17 nitrogen and oxygen atoms in total. The number of hydrogen-bond donors (Lipinski definition) is 3. The number of methoxy groups -OCH3 is 1. The minimum Gasteiger partial charge on any atom is -0.476 e. The molecule has 0 spiro atoms. The molecule has 43 heavy (non-hydrogen) atoms. The number of ether oxygens (including phenoxy) is 5. The molecule has 0 aliphatic carbocycles. The molecule has 2 aromatic rings. The highest BCUT2D eigenvalue weighted by Crippen LogP contribution is 2.48. The van der Waals surface area contributed by atoms with Gasteiger partial charge in [-0.2, -0.15) is 9.97 Å². The zero-order chi connectivity index (χ0) is 31.9. The lowest BCUT2D eigenvalue weighted by atomic mass is 10.00. The summed E-state index contributed by atoms with van der Waals surface area (Å²) >= 11 is 0. The second-order valence-electron chi connectivity index (χ2n) is 9.66. The summed E-state index contributed by atoms with van der Waals surface area (Å²) in [5.74, 6) is -2.38. The Balaban J connectivity index is 1.86. The molecule has 1 saturated heterocycles. The predicted octanol–water partition coefficient (Wildman–Crippen LogP) is 2.10. The largest absolute Gasteiger partial charge is 0.510 e. The number of aliphatic hydroxyl groups is 1. The van der Waals surface area contributed by atoms with Crippen molar-refractivity contribution >= 4 is 37.0 Å². The van der Waals surface area contributed by atoms with Gasteiger partial charge >= 0.3 is 19.9 Å². The van der Waals surface area contributed by atoms with E-state index in [1.54, 1.807) is 27.7 Å². The summed E-state index contributed by atoms with van der Waals surface area (Å²) < 4.78 is 66.3. The van der Waals surface area contributed by atoms with Crippen molar-refractivity contribution in [3.05, 3.63) is 6.33 Å². The Hall–Kier alpha value is -3.15. The lowest BCUT2D eigenvalue weighted by molar-refractivity contribution is -0.144. The van der Waals surface area contributed by atoms with Crippen LogP contribution in [0.2, 0.25) is 0 Å². The number of nitrogens with one attached hydrogen (secondary N) is 1. The summed E-state index contributed by atoms with van der Waals surface area (Å²) in [5, 5.41) is 13.5. The van der Waals surface area contributed by atoms with Crippen LogP contribution in [0.25, 0.3) is 11.2 Å². The maximum atomic E-state index is 14.2.